The van der Waals surface area contributed by atoms with E-state index in [2.05, 4.69) is 9.88 Å². The van der Waals surface area contributed by atoms with E-state index in [1.54, 1.807) is 18.3 Å². The van der Waals surface area contributed by atoms with Gasteiger partial charge in [-0.2, -0.15) is 0 Å². The Morgan fingerprint density at radius 3 is 2.45 bits per heavy atom. The minimum Gasteiger partial charge on any atom is -0.478 e. The smallest absolute Gasteiger partial charge is 0.335 e. The Morgan fingerprint density at radius 1 is 1.03 bits per heavy atom. The average molecular weight is 424 g/mol. The Kier molecular flexibility index (Phi) is 8.18. The van der Waals surface area contributed by atoms with Gasteiger partial charge in [0, 0.05) is 37.4 Å². The van der Waals surface area contributed by atoms with Crippen LogP contribution >= 0.6 is 0 Å². The largest absolute Gasteiger partial charge is 0.478 e. The van der Waals surface area contributed by atoms with E-state index in [4.69, 9.17) is 0 Å². The summed E-state index contributed by atoms with van der Waals surface area (Å²) < 4.78 is 0. The number of aromatic nitrogens is 1. The van der Waals surface area contributed by atoms with Gasteiger partial charge in [0.1, 0.15) is 0 Å². The molecule has 2 heterocycles. The topological polar surface area (TPSA) is 73.7 Å². The van der Waals surface area contributed by atoms with Gasteiger partial charge in [-0.25, -0.2) is 4.79 Å². The number of anilines is 1. The van der Waals surface area contributed by atoms with Crippen LogP contribution in [0.2, 0.25) is 0 Å². The minimum atomic E-state index is -0.952. The Balaban J connectivity index is 2.00. The number of carbonyl (C=O) groups excluding carboxylic acids is 1. The fourth-order valence-corrected chi connectivity index (χ4v) is 4.08. The van der Waals surface area contributed by atoms with E-state index in [-0.39, 0.29) is 17.4 Å². The van der Waals surface area contributed by atoms with Crippen LogP contribution in [0.4, 0.5) is 5.69 Å². The van der Waals surface area contributed by atoms with Crippen molar-refractivity contribution in [1.82, 2.24) is 9.88 Å². The molecule has 0 aliphatic carbocycles. The molecule has 3 rings (SSSR count). The van der Waals surface area contributed by atoms with Crippen molar-refractivity contribution in [1.29, 1.82) is 0 Å². The molecule has 0 atom stereocenters. The fraction of sp³-hybridized carbons (Fsp3) is 0.480. The van der Waals surface area contributed by atoms with Crippen LogP contribution in [0.5, 0.6) is 0 Å². The van der Waals surface area contributed by atoms with Crippen LogP contribution in [0.3, 0.4) is 0 Å². The van der Waals surface area contributed by atoms with E-state index >= 15 is 0 Å². The molecule has 31 heavy (non-hydrogen) atoms. The van der Waals surface area contributed by atoms with Gasteiger partial charge in [0.25, 0.3) is 0 Å². The van der Waals surface area contributed by atoms with Crippen LogP contribution in [0.15, 0.2) is 42.6 Å². The van der Waals surface area contributed by atoms with Crippen LogP contribution in [0, 0.1) is 5.92 Å². The first-order chi connectivity index (χ1) is 15.0. The number of pyridine rings is 1. The molecular formula is C25H33N3O3. The van der Waals surface area contributed by atoms with Crippen molar-refractivity contribution < 1.29 is 14.7 Å². The first kappa shape index (κ1) is 22.9. The predicted molar refractivity (Wildman–Crippen MR) is 122 cm³/mol. The lowest BCUT2D eigenvalue weighted by Crippen LogP contribution is -2.37. The Hall–Kier alpha value is -2.73. The SMILES string of the molecule is CC(C)C(=O)N1CCCCCCCN(Cc2ccccn2)Cc2cc(C(=O)O)ccc21. The molecule has 166 valence electrons. The fourth-order valence-electron chi connectivity index (χ4n) is 4.08. The third-order valence-corrected chi connectivity index (χ3v) is 5.74. The van der Waals surface area contributed by atoms with E-state index in [0.717, 1.165) is 55.6 Å². The monoisotopic (exact) mass is 423 g/mol. The second-order valence-electron chi connectivity index (χ2n) is 8.59. The molecule has 2 aromatic rings. The molecule has 0 saturated heterocycles. The molecular weight excluding hydrogens is 390 g/mol. The summed E-state index contributed by atoms with van der Waals surface area (Å²) >= 11 is 0. The lowest BCUT2D eigenvalue weighted by molar-refractivity contribution is -0.121. The zero-order valence-corrected chi connectivity index (χ0v) is 18.6. The van der Waals surface area contributed by atoms with Crippen molar-refractivity contribution in [3.05, 3.63) is 59.4 Å². The summed E-state index contributed by atoms with van der Waals surface area (Å²) in [7, 11) is 0. The van der Waals surface area contributed by atoms with Gasteiger partial charge in [0.2, 0.25) is 5.91 Å². The second kappa shape index (κ2) is 11.0. The van der Waals surface area contributed by atoms with Crippen molar-refractivity contribution in [3.8, 4) is 0 Å². The van der Waals surface area contributed by atoms with E-state index < -0.39 is 5.97 Å². The van der Waals surface area contributed by atoms with Crippen molar-refractivity contribution >= 4 is 17.6 Å². The number of hydrogen-bond acceptors (Lipinski definition) is 4. The third-order valence-electron chi connectivity index (χ3n) is 5.74. The van der Waals surface area contributed by atoms with Crippen molar-refractivity contribution in [2.24, 2.45) is 5.92 Å². The summed E-state index contributed by atoms with van der Waals surface area (Å²) in [6.45, 7) is 6.67. The number of nitrogens with zero attached hydrogens (tertiary/aromatic N) is 3. The van der Waals surface area contributed by atoms with Gasteiger partial charge in [-0.3, -0.25) is 14.7 Å². The van der Waals surface area contributed by atoms with E-state index in [0.29, 0.717) is 19.6 Å². The molecule has 6 heteroatoms. The maximum Gasteiger partial charge on any atom is 0.335 e. The van der Waals surface area contributed by atoms with Gasteiger partial charge >= 0.3 is 5.97 Å². The number of carbonyl (C=O) groups is 2. The van der Waals surface area contributed by atoms with Crippen molar-refractivity contribution in [2.45, 2.75) is 59.0 Å². The zero-order valence-electron chi connectivity index (χ0n) is 18.6. The number of aromatic carboxylic acids is 1. The molecule has 1 N–H and O–H groups in total. The molecule has 1 aromatic heterocycles. The molecule has 1 aliphatic heterocycles. The number of amides is 1. The maximum absolute atomic E-state index is 13.1. The molecule has 0 radical (unpaired) electrons. The summed E-state index contributed by atoms with van der Waals surface area (Å²) in [4.78, 5) is 33.4. The number of carboxylic acid groups (broad SMARTS) is 1. The second-order valence-corrected chi connectivity index (χ2v) is 8.59. The van der Waals surface area contributed by atoms with Gasteiger partial charge in [-0.1, -0.05) is 39.2 Å². The van der Waals surface area contributed by atoms with E-state index in [9.17, 15) is 14.7 Å². The number of hydrogen-bond donors (Lipinski definition) is 1. The average Bonchev–Trinajstić information content (AvgIpc) is 2.75. The standard InChI is InChI=1S/C25H33N3O3/c1-19(2)24(29)28-15-9-5-3-4-8-14-27(18-22-10-6-7-13-26-22)17-21-16-20(25(30)31)11-12-23(21)28/h6-7,10-13,16,19H,3-5,8-9,14-15,17-18H2,1-2H3,(H,30,31). The van der Waals surface area contributed by atoms with Crippen LogP contribution in [0.1, 0.15) is 67.6 Å². The highest BCUT2D eigenvalue weighted by Gasteiger charge is 2.23. The molecule has 0 fully saturated rings. The quantitative estimate of drug-likeness (QED) is 0.769. The van der Waals surface area contributed by atoms with Crippen molar-refractivity contribution in [3.63, 3.8) is 0 Å². The molecule has 1 aromatic carbocycles. The molecule has 0 spiro atoms. The first-order valence-corrected chi connectivity index (χ1v) is 11.3. The summed E-state index contributed by atoms with van der Waals surface area (Å²) in [6.07, 6.45) is 7.24. The molecule has 0 bridgehead atoms. The lowest BCUT2D eigenvalue weighted by Gasteiger charge is -2.30. The molecule has 1 aliphatic rings. The van der Waals surface area contributed by atoms with Crippen LogP contribution in [-0.2, 0) is 17.9 Å². The Labute approximate surface area is 184 Å². The highest BCUT2D eigenvalue weighted by atomic mass is 16.4. The lowest BCUT2D eigenvalue weighted by atomic mass is 10.0. The maximum atomic E-state index is 13.1. The third kappa shape index (κ3) is 6.37. The number of fused-ring (bicyclic) bond motifs is 1. The highest BCUT2D eigenvalue weighted by Crippen LogP contribution is 2.27. The van der Waals surface area contributed by atoms with Gasteiger partial charge in [-0.15, -0.1) is 0 Å². The van der Waals surface area contributed by atoms with Gasteiger partial charge in [-0.05, 0) is 55.3 Å². The Morgan fingerprint density at radius 2 is 1.77 bits per heavy atom. The molecule has 0 saturated carbocycles. The van der Waals surface area contributed by atoms with Gasteiger partial charge in [0.15, 0.2) is 0 Å². The Bertz CT molecular complexity index is 883. The normalized spacial score (nSPS) is 16.3. The molecule has 1 amide bonds. The van der Waals surface area contributed by atoms with Gasteiger partial charge < -0.3 is 10.0 Å². The van der Waals surface area contributed by atoms with Crippen LogP contribution in [0.25, 0.3) is 0 Å². The number of benzene rings is 1. The van der Waals surface area contributed by atoms with Crippen molar-refractivity contribution in [2.75, 3.05) is 18.0 Å². The first-order valence-electron chi connectivity index (χ1n) is 11.3. The number of carboxylic acids is 1. The minimum absolute atomic E-state index is 0.0812. The predicted octanol–water partition coefficient (Wildman–Crippen LogP) is 4.74. The van der Waals surface area contributed by atoms with Gasteiger partial charge in [0.05, 0.1) is 11.3 Å². The summed E-state index contributed by atoms with van der Waals surface area (Å²) in [5.41, 5.74) is 2.95. The summed E-state index contributed by atoms with van der Waals surface area (Å²) in [6, 6.07) is 11.1. The van der Waals surface area contributed by atoms with E-state index in [1.165, 1.54) is 0 Å². The van der Waals surface area contributed by atoms with Crippen LogP contribution < -0.4 is 4.90 Å². The molecule has 0 unspecified atom stereocenters. The summed E-state index contributed by atoms with van der Waals surface area (Å²) in [5.74, 6) is -0.992. The summed E-state index contributed by atoms with van der Waals surface area (Å²) in [5, 5.41) is 9.56. The van der Waals surface area contributed by atoms with E-state index in [1.807, 2.05) is 43.0 Å². The number of rotatable bonds is 4. The highest BCUT2D eigenvalue weighted by molar-refractivity contribution is 5.96. The zero-order chi connectivity index (χ0) is 22.2. The van der Waals surface area contributed by atoms with Crippen LogP contribution in [-0.4, -0.2) is 40.0 Å². The molecule has 6 nitrogen and oxygen atoms in total.